The van der Waals surface area contributed by atoms with Gasteiger partial charge in [-0.05, 0) is 95.0 Å². The van der Waals surface area contributed by atoms with Crippen LogP contribution in [0.25, 0.3) is 122 Å². The summed E-state index contributed by atoms with van der Waals surface area (Å²) in [6.45, 7) is 4.75. The zero-order chi connectivity index (χ0) is 42.5. The molecule has 3 heteroatoms. The first kappa shape index (κ1) is 36.5. The van der Waals surface area contributed by atoms with E-state index < -0.39 is 0 Å². The summed E-state index contributed by atoms with van der Waals surface area (Å²) in [6.07, 6.45) is 0. The van der Waals surface area contributed by atoms with E-state index in [0.717, 1.165) is 55.4 Å². The third-order valence-electron chi connectivity index (χ3n) is 13.7. The van der Waals surface area contributed by atoms with Crippen LogP contribution in [0.15, 0.2) is 211 Å². The third-order valence-corrected chi connectivity index (χ3v) is 13.7. The lowest BCUT2D eigenvalue weighted by atomic mass is 9.81. The molecule has 12 aromatic rings. The number of para-hydroxylation sites is 1. The van der Waals surface area contributed by atoms with Gasteiger partial charge in [-0.1, -0.05) is 202 Å². The average Bonchev–Trinajstić information content (AvgIpc) is 3.85. The first-order valence-corrected chi connectivity index (χ1v) is 22.1. The molecule has 0 atom stereocenters. The van der Waals surface area contributed by atoms with Crippen molar-refractivity contribution in [3.05, 3.63) is 217 Å². The summed E-state index contributed by atoms with van der Waals surface area (Å²) in [4.78, 5) is 10.6. The van der Waals surface area contributed by atoms with Gasteiger partial charge in [0.1, 0.15) is 11.2 Å². The van der Waals surface area contributed by atoms with E-state index in [4.69, 9.17) is 14.4 Å². The minimum Gasteiger partial charge on any atom is -0.456 e. The van der Waals surface area contributed by atoms with Gasteiger partial charge in [-0.15, -0.1) is 0 Å². The predicted molar refractivity (Wildman–Crippen MR) is 267 cm³/mol. The van der Waals surface area contributed by atoms with E-state index in [1.54, 1.807) is 0 Å². The van der Waals surface area contributed by atoms with Gasteiger partial charge in [0, 0.05) is 32.9 Å². The smallest absolute Gasteiger partial charge is 0.160 e. The first-order chi connectivity index (χ1) is 31.5. The normalized spacial score (nSPS) is 13.0. The summed E-state index contributed by atoms with van der Waals surface area (Å²) in [7, 11) is 0. The van der Waals surface area contributed by atoms with Crippen molar-refractivity contribution < 1.29 is 4.42 Å². The van der Waals surface area contributed by atoms with Crippen LogP contribution in [-0.2, 0) is 5.41 Å². The van der Waals surface area contributed by atoms with Gasteiger partial charge in [-0.2, -0.15) is 0 Å². The molecule has 10 aromatic carbocycles. The maximum Gasteiger partial charge on any atom is 0.160 e. The first-order valence-electron chi connectivity index (χ1n) is 22.1. The number of aromatic nitrogens is 2. The van der Waals surface area contributed by atoms with Crippen molar-refractivity contribution in [1.82, 2.24) is 9.97 Å². The summed E-state index contributed by atoms with van der Waals surface area (Å²) in [5.74, 6) is 0.680. The van der Waals surface area contributed by atoms with E-state index in [1.165, 1.54) is 71.4 Å². The second-order valence-corrected chi connectivity index (χ2v) is 17.6. The molecule has 0 fully saturated rings. The molecule has 1 aliphatic rings. The summed E-state index contributed by atoms with van der Waals surface area (Å²) >= 11 is 0. The molecule has 64 heavy (non-hydrogen) atoms. The van der Waals surface area contributed by atoms with Crippen molar-refractivity contribution in [2.24, 2.45) is 0 Å². The maximum absolute atomic E-state index is 6.33. The van der Waals surface area contributed by atoms with E-state index >= 15 is 0 Å². The van der Waals surface area contributed by atoms with Crippen molar-refractivity contribution in [2.45, 2.75) is 19.3 Å². The second-order valence-electron chi connectivity index (χ2n) is 17.6. The number of benzene rings is 10. The fraction of sp³-hybridized carbons (Fsp3) is 0.0492. The molecule has 2 aromatic heterocycles. The number of fused-ring (bicyclic) bond motifs is 10. The van der Waals surface area contributed by atoms with Crippen LogP contribution in [-0.4, -0.2) is 9.97 Å². The lowest BCUT2D eigenvalue weighted by molar-refractivity contribution is 0.661. The summed E-state index contributed by atoms with van der Waals surface area (Å²) in [5.41, 5.74) is 16.7. The molecule has 0 spiro atoms. The van der Waals surface area contributed by atoms with Crippen molar-refractivity contribution in [3.63, 3.8) is 0 Å². The Labute approximate surface area is 371 Å². The highest BCUT2D eigenvalue weighted by Crippen LogP contribution is 2.55. The molecular weight excluding hydrogens is 777 g/mol. The Morgan fingerprint density at radius 1 is 0.359 bits per heavy atom. The topological polar surface area (TPSA) is 38.9 Å². The Bertz CT molecular complexity index is 3880. The fourth-order valence-corrected chi connectivity index (χ4v) is 10.7. The van der Waals surface area contributed by atoms with Gasteiger partial charge in [0.15, 0.2) is 5.82 Å². The number of rotatable bonds is 5. The van der Waals surface area contributed by atoms with Crippen LogP contribution in [0.4, 0.5) is 0 Å². The summed E-state index contributed by atoms with van der Waals surface area (Å²) < 4.78 is 6.33. The minimum absolute atomic E-state index is 0.117. The van der Waals surface area contributed by atoms with Crippen molar-refractivity contribution in [2.75, 3.05) is 0 Å². The zero-order valence-electron chi connectivity index (χ0n) is 35.4. The van der Waals surface area contributed by atoms with Gasteiger partial charge < -0.3 is 4.42 Å². The van der Waals surface area contributed by atoms with E-state index in [9.17, 15) is 0 Å². The van der Waals surface area contributed by atoms with E-state index in [1.807, 2.05) is 36.4 Å². The zero-order valence-corrected chi connectivity index (χ0v) is 35.4. The monoisotopic (exact) mass is 816 g/mol. The molecule has 3 nitrogen and oxygen atoms in total. The predicted octanol–water partition coefficient (Wildman–Crippen LogP) is 16.5. The van der Waals surface area contributed by atoms with E-state index in [2.05, 4.69) is 184 Å². The molecule has 0 unspecified atom stereocenters. The van der Waals surface area contributed by atoms with Crippen LogP contribution in [0.5, 0.6) is 0 Å². The van der Waals surface area contributed by atoms with Crippen molar-refractivity contribution in [1.29, 1.82) is 0 Å². The van der Waals surface area contributed by atoms with Crippen molar-refractivity contribution in [3.8, 4) is 67.3 Å². The highest BCUT2D eigenvalue weighted by Gasteiger charge is 2.38. The molecule has 0 saturated carbocycles. The Kier molecular flexibility index (Phi) is 7.95. The molecule has 0 saturated heterocycles. The Morgan fingerprint density at radius 3 is 1.59 bits per heavy atom. The quantitative estimate of drug-likeness (QED) is 0.174. The van der Waals surface area contributed by atoms with Crippen LogP contribution in [0, 0.1) is 0 Å². The van der Waals surface area contributed by atoms with Crippen LogP contribution in [0.3, 0.4) is 0 Å². The number of hydrogen-bond acceptors (Lipinski definition) is 3. The molecule has 0 aliphatic heterocycles. The third kappa shape index (κ3) is 5.41. The van der Waals surface area contributed by atoms with Gasteiger partial charge >= 0.3 is 0 Å². The molecule has 2 heterocycles. The Morgan fingerprint density at radius 2 is 0.875 bits per heavy atom. The summed E-state index contributed by atoms with van der Waals surface area (Å²) in [5, 5.41) is 9.48. The van der Waals surface area contributed by atoms with Gasteiger partial charge in [-0.3, -0.25) is 0 Å². The number of furan rings is 1. The SMILES string of the molecule is CC1(C)c2cccc(-c3ccc(-c4ccc(-c5cc(-c6cccc7oc8ccccc8c67)nc(-c6ccccc6)n5)c5ccccc45)c4ccccc34)c2-c2c1ccc1ccccc21. The minimum atomic E-state index is -0.117. The standard InChI is InChI=1S/C61H40N2O/c1-61(2)51-27-14-25-48(59(51)58-39-19-7-6-16-37(39)30-35-52(58)61)46-32-31-44(40-20-8-9-21-41(40)46)45-33-34-47(43-23-11-10-22-42(43)45)53-36-54(63-60(62-53)38-17-4-3-5-18-38)49-26-15-29-56-57(49)50-24-12-13-28-55(50)64-56/h3-36H,1-2H3. The van der Waals surface area contributed by atoms with Crippen molar-refractivity contribution >= 4 is 54.3 Å². The second kappa shape index (κ2) is 13.9. The molecule has 0 radical (unpaired) electrons. The van der Waals surface area contributed by atoms with Crippen LogP contribution in [0.2, 0.25) is 0 Å². The molecule has 13 rings (SSSR count). The van der Waals surface area contributed by atoms with Gasteiger partial charge in [0.05, 0.1) is 11.4 Å². The lowest BCUT2D eigenvalue weighted by Gasteiger charge is -2.22. The van der Waals surface area contributed by atoms with Gasteiger partial charge in [0.2, 0.25) is 0 Å². The Hall–Kier alpha value is -8.14. The van der Waals surface area contributed by atoms with Gasteiger partial charge in [-0.25, -0.2) is 9.97 Å². The fourth-order valence-electron chi connectivity index (χ4n) is 10.7. The lowest BCUT2D eigenvalue weighted by Crippen LogP contribution is -2.14. The molecular formula is C61H40N2O. The molecule has 0 bridgehead atoms. The molecule has 1 aliphatic carbocycles. The van der Waals surface area contributed by atoms with E-state index in [-0.39, 0.29) is 5.41 Å². The molecule has 0 amide bonds. The highest BCUT2D eigenvalue weighted by molar-refractivity contribution is 6.15. The largest absolute Gasteiger partial charge is 0.456 e. The van der Waals surface area contributed by atoms with Gasteiger partial charge in [0.25, 0.3) is 0 Å². The average molecular weight is 817 g/mol. The number of nitrogens with zero attached hydrogens (tertiary/aromatic N) is 2. The summed E-state index contributed by atoms with van der Waals surface area (Å²) in [6, 6.07) is 74.2. The maximum atomic E-state index is 6.33. The molecule has 300 valence electrons. The molecule has 0 N–H and O–H groups in total. The number of hydrogen-bond donors (Lipinski definition) is 0. The van der Waals surface area contributed by atoms with E-state index in [0.29, 0.717) is 5.82 Å². The Balaban J connectivity index is 0.999. The highest BCUT2D eigenvalue weighted by atomic mass is 16.3. The van der Waals surface area contributed by atoms with Crippen LogP contribution >= 0.6 is 0 Å². The van der Waals surface area contributed by atoms with Crippen LogP contribution < -0.4 is 0 Å². The van der Waals surface area contributed by atoms with Crippen LogP contribution in [0.1, 0.15) is 25.0 Å².